The average molecular weight is 247 g/mol. The number of hydrogen-bond acceptors (Lipinski definition) is 2. The molecule has 0 aromatic carbocycles. The Hall–Kier alpha value is -0.800. The molecule has 1 aliphatic heterocycles. The van der Waals surface area contributed by atoms with Crippen LogP contribution in [0, 0.1) is 5.92 Å². The van der Waals surface area contributed by atoms with E-state index in [0.29, 0.717) is 0 Å². The lowest BCUT2D eigenvalue weighted by Gasteiger charge is -2.32. The van der Waals surface area contributed by atoms with E-state index < -0.39 is 0 Å². The molecule has 2 fully saturated rings. The summed E-state index contributed by atoms with van der Waals surface area (Å²) in [6.07, 6.45) is 9.92. The van der Waals surface area contributed by atoms with Crippen molar-refractivity contribution in [3.63, 3.8) is 0 Å². The SMILES string of the molecule is c1ccn(C2CCN(CCNCC3CC3)CC2)c1. The monoisotopic (exact) mass is 247 g/mol. The van der Waals surface area contributed by atoms with Crippen LogP contribution in [0.15, 0.2) is 24.5 Å². The second kappa shape index (κ2) is 5.89. The molecule has 0 amide bonds. The summed E-state index contributed by atoms with van der Waals surface area (Å²) >= 11 is 0. The lowest BCUT2D eigenvalue weighted by atomic mass is 10.1. The molecule has 1 aromatic heterocycles. The average Bonchev–Trinajstić information content (AvgIpc) is 3.07. The molecule has 0 bridgehead atoms. The minimum atomic E-state index is 0.732. The minimum Gasteiger partial charge on any atom is -0.351 e. The highest BCUT2D eigenvalue weighted by atomic mass is 15.2. The Morgan fingerprint density at radius 2 is 1.72 bits per heavy atom. The Kier molecular flexibility index (Phi) is 4.01. The molecule has 1 saturated carbocycles. The van der Waals surface area contributed by atoms with Crippen molar-refractivity contribution in [3.8, 4) is 0 Å². The Balaban J connectivity index is 1.32. The largest absolute Gasteiger partial charge is 0.351 e. The van der Waals surface area contributed by atoms with Crippen LogP contribution in [0.25, 0.3) is 0 Å². The molecule has 0 unspecified atom stereocenters. The summed E-state index contributed by atoms with van der Waals surface area (Å²) in [5.41, 5.74) is 0. The summed E-state index contributed by atoms with van der Waals surface area (Å²) in [5, 5.41) is 3.59. The van der Waals surface area contributed by atoms with Gasteiger partial charge in [-0.1, -0.05) is 0 Å². The van der Waals surface area contributed by atoms with E-state index in [1.807, 2.05) is 0 Å². The molecule has 0 spiro atoms. The van der Waals surface area contributed by atoms with Crippen molar-refractivity contribution >= 4 is 0 Å². The highest BCUT2D eigenvalue weighted by Gasteiger charge is 2.21. The molecule has 2 heterocycles. The minimum absolute atomic E-state index is 0.732. The molecule has 18 heavy (non-hydrogen) atoms. The zero-order valence-corrected chi connectivity index (χ0v) is 11.2. The molecule has 3 rings (SSSR count). The van der Waals surface area contributed by atoms with E-state index in [9.17, 15) is 0 Å². The summed E-state index contributed by atoms with van der Waals surface area (Å²) in [6, 6.07) is 5.00. The van der Waals surface area contributed by atoms with Gasteiger partial charge in [-0.25, -0.2) is 0 Å². The van der Waals surface area contributed by atoms with Crippen molar-refractivity contribution in [2.75, 3.05) is 32.7 Å². The van der Waals surface area contributed by atoms with Crippen molar-refractivity contribution in [3.05, 3.63) is 24.5 Å². The Morgan fingerprint density at radius 1 is 1.00 bits per heavy atom. The highest BCUT2D eigenvalue weighted by Crippen LogP contribution is 2.27. The van der Waals surface area contributed by atoms with Crippen LogP contribution < -0.4 is 5.32 Å². The van der Waals surface area contributed by atoms with Crippen LogP contribution in [0.3, 0.4) is 0 Å². The Labute approximate surface area is 110 Å². The van der Waals surface area contributed by atoms with E-state index in [2.05, 4.69) is 39.3 Å². The number of likely N-dealkylation sites (tertiary alicyclic amines) is 1. The number of aromatic nitrogens is 1. The lowest BCUT2D eigenvalue weighted by Crippen LogP contribution is -2.39. The molecule has 3 nitrogen and oxygen atoms in total. The van der Waals surface area contributed by atoms with E-state index >= 15 is 0 Å². The molecule has 0 atom stereocenters. The first-order valence-corrected chi connectivity index (χ1v) is 7.47. The highest BCUT2D eigenvalue weighted by molar-refractivity contribution is 4.94. The number of rotatable bonds is 6. The van der Waals surface area contributed by atoms with Gasteiger partial charge in [-0.15, -0.1) is 0 Å². The van der Waals surface area contributed by atoms with Crippen molar-refractivity contribution in [2.45, 2.75) is 31.7 Å². The van der Waals surface area contributed by atoms with Gasteiger partial charge in [0.05, 0.1) is 0 Å². The standard InChI is InChI=1S/C15H25N3/c1-2-9-18(8-1)15-5-10-17(11-6-15)12-7-16-13-14-3-4-14/h1-2,8-9,14-16H,3-7,10-13H2. The first-order chi connectivity index (χ1) is 8.92. The molecule has 1 aliphatic carbocycles. The van der Waals surface area contributed by atoms with E-state index in [0.717, 1.165) is 12.0 Å². The van der Waals surface area contributed by atoms with Crippen LogP contribution in [0.5, 0.6) is 0 Å². The third kappa shape index (κ3) is 3.36. The third-order valence-electron chi connectivity index (χ3n) is 4.34. The maximum absolute atomic E-state index is 3.59. The molecule has 1 aromatic rings. The predicted molar refractivity (Wildman–Crippen MR) is 74.7 cm³/mol. The van der Waals surface area contributed by atoms with Gasteiger partial charge in [-0.2, -0.15) is 0 Å². The van der Waals surface area contributed by atoms with Crippen LogP contribution in [0.1, 0.15) is 31.7 Å². The van der Waals surface area contributed by atoms with E-state index in [-0.39, 0.29) is 0 Å². The number of piperidine rings is 1. The van der Waals surface area contributed by atoms with E-state index in [1.165, 1.54) is 58.4 Å². The van der Waals surface area contributed by atoms with Crippen LogP contribution in [0.2, 0.25) is 0 Å². The van der Waals surface area contributed by atoms with Crippen molar-refractivity contribution < 1.29 is 0 Å². The molecule has 1 N–H and O–H groups in total. The van der Waals surface area contributed by atoms with Gasteiger partial charge in [-0.3, -0.25) is 0 Å². The fraction of sp³-hybridized carbons (Fsp3) is 0.733. The zero-order valence-electron chi connectivity index (χ0n) is 11.2. The predicted octanol–water partition coefficient (Wildman–Crippen LogP) is 2.12. The normalized spacial score (nSPS) is 22.4. The molecule has 3 heteroatoms. The quantitative estimate of drug-likeness (QED) is 0.777. The molecular formula is C15H25N3. The molecule has 1 saturated heterocycles. The fourth-order valence-electron chi connectivity index (χ4n) is 2.90. The zero-order chi connectivity index (χ0) is 12.2. The number of nitrogens with zero attached hydrogens (tertiary/aromatic N) is 2. The van der Waals surface area contributed by atoms with Crippen molar-refractivity contribution in [2.24, 2.45) is 5.92 Å². The van der Waals surface area contributed by atoms with E-state index in [1.54, 1.807) is 0 Å². The summed E-state index contributed by atoms with van der Waals surface area (Å²) in [7, 11) is 0. The molecular weight excluding hydrogens is 222 g/mol. The van der Waals surface area contributed by atoms with Gasteiger partial charge in [-0.05, 0) is 50.3 Å². The van der Waals surface area contributed by atoms with Crippen molar-refractivity contribution in [1.82, 2.24) is 14.8 Å². The van der Waals surface area contributed by atoms with Gasteiger partial charge in [0.2, 0.25) is 0 Å². The summed E-state index contributed by atoms with van der Waals surface area (Å²) in [5.74, 6) is 1.00. The summed E-state index contributed by atoms with van der Waals surface area (Å²) < 4.78 is 2.38. The fourth-order valence-corrected chi connectivity index (χ4v) is 2.90. The maximum atomic E-state index is 3.59. The van der Waals surface area contributed by atoms with Gasteiger partial charge in [0.1, 0.15) is 0 Å². The second-order valence-corrected chi connectivity index (χ2v) is 5.85. The summed E-state index contributed by atoms with van der Waals surface area (Å²) in [6.45, 7) is 6.16. The molecule has 0 radical (unpaired) electrons. The third-order valence-corrected chi connectivity index (χ3v) is 4.34. The van der Waals surface area contributed by atoms with Gasteiger partial charge in [0, 0.05) is 44.6 Å². The topological polar surface area (TPSA) is 20.2 Å². The number of nitrogens with one attached hydrogen (secondary N) is 1. The van der Waals surface area contributed by atoms with E-state index in [4.69, 9.17) is 0 Å². The summed E-state index contributed by atoms with van der Waals surface area (Å²) in [4.78, 5) is 2.61. The van der Waals surface area contributed by atoms with Crippen molar-refractivity contribution in [1.29, 1.82) is 0 Å². The Morgan fingerprint density at radius 3 is 2.39 bits per heavy atom. The maximum Gasteiger partial charge on any atom is 0.0355 e. The molecule has 100 valence electrons. The van der Waals surface area contributed by atoms with Crippen LogP contribution in [0.4, 0.5) is 0 Å². The molecule has 2 aliphatic rings. The number of hydrogen-bond donors (Lipinski definition) is 1. The van der Waals surface area contributed by atoms with Gasteiger partial charge >= 0.3 is 0 Å². The van der Waals surface area contributed by atoms with Crippen LogP contribution in [-0.2, 0) is 0 Å². The lowest BCUT2D eigenvalue weighted by molar-refractivity contribution is 0.187. The van der Waals surface area contributed by atoms with Gasteiger partial charge in [0.15, 0.2) is 0 Å². The Bertz CT molecular complexity index is 335. The van der Waals surface area contributed by atoms with Crippen LogP contribution >= 0.6 is 0 Å². The second-order valence-electron chi connectivity index (χ2n) is 5.85. The first kappa shape index (κ1) is 12.2. The smallest absolute Gasteiger partial charge is 0.0355 e. The van der Waals surface area contributed by atoms with Crippen LogP contribution in [-0.4, -0.2) is 42.2 Å². The van der Waals surface area contributed by atoms with Gasteiger partial charge in [0.25, 0.3) is 0 Å². The van der Waals surface area contributed by atoms with Gasteiger partial charge < -0.3 is 14.8 Å². The first-order valence-electron chi connectivity index (χ1n) is 7.47.